The third kappa shape index (κ3) is 3.26. The zero-order valence-corrected chi connectivity index (χ0v) is 13.8. The molecule has 23 heavy (non-hydrogen) atoms. The molecule has 124 valence electrons. The van der Waals surface area contributed by atoms with Crippen LogP contribution in [0.2, 0.25) is 0 Å². The van der Waals surface area contributed by atoms with E-state index in [2.05, 4.69) is 26.0 Å². The summed E-state index contributed by atoms with van der Waals surface area (Å²) in [5.41, 5.74) is 3.29. The molecule has 1 aliphatic rings. The average Bonchev–Trinajstić information content (AvgIpc) is 3.21. The number of hydrogen-bond acceptors (Lipinski definition) is 5. The number of carbonyl (C=O) groups is 1. The quantitative estimate of drug-likeness (QED) is 0.803. The monoisotopic (exact) mass is 317 g/mol. The largest absolute Gasteiger partial charge is 0.350 e. The van der Waals surface area contributed by atoms with Crippen LogP contribution in [-0.2, 0) is 18.3 Å². The Labute approximate surface area is 135 Å². The van der Waals surface area contributed by atoms with Gasteiger partial charge in [-0.15, -0.1) is 5.10 Å². The van der Waals surface area contributed by atoms with Gasteiger partial charge < -0.3 is 10.6 Å². The van der Waals surface area contributed by atoms with E-state index in [4.69, 9.17) is 0 Å². The van der Waals surface area contributed by atoms with Gasteiger partial charge in [-0.1, -0.05) is 5.21 Å². The molecule has 8 nitrogen and oxygen atoms in total. The maximum absolute atomic E-state index is 12.3. The Morgan fingerprint density at radius 3 is 2.91 bits per heavy atom. The van der Waals surface area contributed by atoms with Crippen LogP contribution in [-0.4, -0.2) is 49.8 Å². The topological polar surface area (TPSA) is 89.7 Å². The molecule has 0 saturated carbocycles. The fraction of sp³-hybridized carbons (Fsp3) is 0.600. The molecule has 0 aliphatic carbocycles. The Hall–Kier alpha value is -2.22. The van der Waals surface area contributed by atoms with Crippen LogP contribution in [0.1, 0.15) is 29.4 Å². The zero-order valence-electron chi connectivity index (χ0n) is 13.8. The second-order valence-corrected chi connectivity index (χ2v) is 6.06. The second kappa shape index (κ2) is 6.49. The van der Waals surface area contributed by atoms with Crippen LogP contribution < -0.4 is 10.6 Å². The van der Waals surface area contributed by atoms with Crippen LogP contribution in [0.5, 0.6) is 0 Å². The molecule has 1 fully saturated rings. The Bertz CT molecular complexity index is 676. The Morgan fingerprint density at radius 1 is 1.43 bits per heavy atom. The molecule has 1 amide bonds. The average molecular weight is 317 g/mol. The number of aryl methyl sites for hydroxylation is 2. The third-order valence-corrected chi connectivity index (χ3v) is 4.57. The van der Waals surface area contributed by atoms with Crippen LogP contribution in [0.4, 0.5) is 0 Å². The first-order valence-electron chi connectivity index (χ1n) is 7.91. The molecular weight excluding hydrogens is 294 g/mol. The lowest BCUT2D eigenvalue weighted by atomic mass is 10.1. The molecule has 1 saturated heterocycles. The number of nitrogens with zero attached hydrogens (tertiary/aromatic N) is 5. The summed E-state index contributed by atoms with van der Waals surface area (Å²) in [5.74, 6) is 0.0615. The maximum Gasteiger partial charge on any atom is 0.220 e. The number of aromatic nitrogens is 5. The summed E-state index contributed by atoms with van der Waals surface area (Å²) >= 11 is 0. The van der Waals surface area contributed by atoms with Gasteiger partial charge in [-0.2, -0.15) is 5.10 Å². The van der Waals surface area contributed by atoms with Crippen molar-refractivity contribution >= 4 is 5.91 Å². The van der Waals surface area contributed by atoms with Crippen molar-refractivity contribution in [2.24, 2.45) is 7.05 Å². The van der Waals surface area contributed by atoms with E-state index in [1.807, 2.05) is 31.8 Å². The predicted octanol–water partition coefficient (Wildman–Crippen LogP) is -0.110. The normalized spacial score (nSPS) is 20.8. The van der Waals surface area contributed by atoms with Gasteiger partial charge in [-0.3, -0.25) is 9.48 Å². The fourth-order valence-corrected chi connectivity index (χ4v) is 3.18. The molecule has 2 atom stereocenters. The SMILES string of the molecule is Cc1nn(C)c(C)c1CCC(=O)N[C@@H]1CNC[C@@H]1n1ccnn1. The fourth-order valence-electron chi connectivity index (χ4n) is 3.18. The van der Waals surface area contributed by atoms with Gasteiger partial charge in [-0.25, -0.2) is 4.68 Å². The van der Waals surface area contributed by atoms with Crippen LogP contribution >= 0.6 is 0 Å². The van der Waals surface area contributed by atoms with E-state index < -0.39 is 0 Å². The molecule has 0 unspecified atom stereocenters. The maximum atomic E-state index is 12.3. The molecule has 0 bridgehead atoms. The Kier molecular flexibility index (Phi) is 4.42. The standard InChI is InChI=1S/C15H23N7O/c1-10-12(11(2)21(3)19-10)4-5-15(23)18-13-8-16-9-14(13)22-7-6-17-20-22/h6-7,13-14,16H,4-5,8-9H2,1-3H3,(H,18,23)/t13-,14+/m1/s1. The third-order valence-electron chi connectivity index (χ3n) is 4.57. The van der Waals surface area contributed by atoms with Crippen molar-refractivity contribution in [3.05, 3.63) is 29.3 Å². The van der Waals surface area contributed by atoms with Crippen LogP contribution in [0.25, 0.3) is 0 Å². The molecule has 3 heterocycles. The first kappa shape index (κ1) is 15.7. The summed E-state index contributed by atoms with van der Waals surface area (Å²) in [5, 5.41) is 18.7. The first-order chi connectivity index (χ1) is 11.1. The lowest BCUT2D eigenvalue weighted by Crippen LogP contribution is -2.41. The minimum atomic E-state index is 0.0419. The van der Waals surface area contributed by atoms with E-state index in [9.17, 15) is 4.79 Å². The van der Waals surface area contributed by atoms with Gasteiger partial charge in [0.1, 0.15) is 0 Å². The molecule has 0 radical (unpaired) electrons. The van der Waals surface area contributed by atoms with Gasteiger partial charge >= 0.3 is 0 Å². The molecule has 2 aromatic rings. The molecule has 1 aliphatic heterocycles. The summed E-state index contributed by atoms with van der Waals surface area (Å²) < 4.78 is 3.67. The van der Waals surface area contributed by atoms with Gasteiger partial charge in [-0.05, 0) is 25.8 Å². The lowest BCUT2D eigenvalue weighted by Gasteiger charge is -2.19. The zero-order chi connectivity index (χ0) is 16.4. The van der Waals surface area contributed by atoms with E-state index in [1.54, 1.807) is 10.9 Å². The first-order valence-corrected chi connectivity index (χ1v) is 7.91. The number of amides is 1. The number of hydrogen-bond donors (Lipinski definition) is 2. The summed E-state index contributed by atoms with van der Waals surface area (Å²) in [6.45, 7) is 5.56. The number of carbonyl (C=O) groups excluding carboxylic acids is 1. The highest BCUT2D eigenvalue weighted by molar-refractivity contribution is 5.76. The highest BCUT2D eigenvalue weighted by atomic mass is 16.1. The predicted molar refractivity (Wildman–Crippen MR) is 84.9 cm³/mol. The smallest absolute Gasteiger partial charge is 0.220 e. The van der Waals surface area contributed by atoms with Gasteiger partial charge in [0.15, 0.2) is 0 Å². The molecule has 2 aromatic heterocycles. The second-order valence-electron chi connectivity index (χ2n) is 6.06. The van der Waals surface area contributed by atoms with Crippen molar-refractivity contribution in [3.63, 3.8) is 0 Å². The van der Waals surface area contributed by atoms with Crippen molar-refractivity contribution in [2.75, 3.05) is 13.1 Å². The minimum Gasteiger partial charge on any atom is -0.350 e. The van der Waals surface area contributed by atoms with E-state index in [0.717, 1.165) is 24.5 Å². The van der Waals surface area contributed by atoms with Crippen molar-refractivity contribution in [2.45, 2.75) is 38.8 Å². The molecule has 8 heteroatoms. The van der Waals surface area contributed by atoms with E-state index >= 15 is 0 Å². The van der Waals surface area contributed by atoms with E-state index in [1.165, 1.54) is 5.56 Å². The molecule has 2 N–H and O–H groups in total. The highest BCUT2D eigenvalue weighted by Gasteiger charge is 2.30. The van der Waals surface area contributed by atoms with Gasteiger partial charge in [0.05, 0.1) is 24.0 Å². The van der Waals surface area contributed by atoms with Crippen molar-refractivity contribution in [1.82, 2.24) is 35.4 Å². The Balaban J connectivity index is 1.57. The summed E-state index contributed by atoms with van der Waals surface area (Å²) in [6, 6.07) is 0.156. The Morgan fingerprint density at radius 2 is 2.26 bits per heavy atom. The molecule has 0 aromatic carbocycles. The molecule has 3 rings (SSSR count). The summed E-state index contributed by atoms with van der Waals surface area (Å²) in [6.07, 6.45) is 4.67. The van der Waals surface area contributed by atoms with Gasteiger partial charge in [0.2, 0.25) is 5.91 Å². The van der Waals surface area contributed by atoms with Crippen molar-refractivity contribution in [3.8, 4) is 0 Å². The van der Waals surface area contributed by atoms with E-state index in [0.29, 0.717) is 12.8 Å². The summed E-state index contributed by atoms with van der Waals surface area (Å²) in [4.78, 5) is 12.3. The molecular formula is C15H23N7O. The number of nitrogens with one attached hydrogen (secondary N) is 2. The van der Waals surface area contributed by atoms with Crippen LogP contribution in [0.3, 0.4) is 0 Å². The minimum absolute atomic E-state index is 0.0419. The molecule has 0 spiro atoms. The van der Waals surface area contributed by atoms with E-state index in [-0.39, 0.29) is 18.0 Å². The van der Waals surface area contributed by atoms with Gasteiger partial charge in [0, 0.05) is 38.4 Å². The summed E-state index contributed by atoms with van der Waals surface area (Å²) in [7, 11) is 1.93. The number of rotatable bonds is 5. The van der Waals surface area contributed by atoms with Crippen molar-refractivity contribution < 1.29 is 4.79 Å². The van der Waals surface area contributed by atoms with Crippen molar-refractivity contribution in [1.29, 1.82) is 0 Å². The highest BCUT2D eigenvalue weighted by Crippen LogP contribution is 2.16. The van der Waals surface area contributed by atoms with Crippen LogP contribution in [0, 0.1) is 13.8 Å². The van der Waals surface area contributed by atoms with Gasteiger partial charge in [0.25, 0.3) is 0 Å². The lowest BCUT2D eigenvalue weighted by molar-refractivity contribution is -0.121. The van der Waals surface area contributed by atoms with Crippen LogP contribution in [0.15, 0.2) is 12.4 Å².